The molecule has 2 aliphatic rings. The first-order valence-electron chi connectivity index (χ1n) is 8.24. The molecule has 1 atom stereocenters. The van der Waals surface area contributed by atoms with Crippen LogP contribution in [0.25, 0.3) is 0 Å². The van der Waals surface area contributed by atoms with Gasteiger partial charge in [-0.25, -0.2) is 9.59 Å². The zero-order valence-electron chi connectivity index (χ0n) is 13.4. The van der Waals surface area contributed by atoms with Crippen molar-refractivity contribution in [1.29, 1.82) is 0 Å². The van der Waals surface area contributed by atoms with Gasteiger partial charge in [-0.05, 0) is 43.0 Å². The Labute approximate surface area is 140 Å². The number of rotatable bonds is 6. The van der Waals surface area contributed by atoms with Gasteiger partial charge in [-0.3, -0.25) is 0 Å². The minimum Gasteiger partial charge on any atom is -0.492 e. The number of amides is 2. The SMILES string of the molecule is O=C(O)c1ccc(OCCNC(=O)N2CCOC(C3CC3)C2)cc1. The zero-order valence-corrected chi connectivity index (χ0v) is 13.4. The van der Waals surface area contributed by atoms with Gasteiger partial charge in [-0.1, -0.05) is 0 Å². The highest BCUT2D eigenvalue weighted by molar-refractivity contribution is 5.87. The molecule has 7 heteroatoms. The molecule has 1 unspecified atom stereocenters. The van der Waals surface area contributed by atoms with Crippen LogP contribution < -0.4 is 10.1 Å². The minimum atomic E-state index is -0.969. The molecule has 0 aromatic heterocycles. The Balaban J connectivity index is 1.36. The van der Waals surface area contributed by atoms with Crippen LogP contribution >= 0.6 is 0 Å². The molecule has 1 aromatic rings. The average Bonchev–Trinajstić information content (AvgIpc) is 3.44. The van der Waals surface area contributed by atoms with E-state index in [-0.39, 0.29) is 17.7 Å². The first kappa shape index (κ1) is 16.6. The molecule has 7 nitrogen and oxygen atoms in total. The number of carbonyl (C=O) groups excluding carboxylic acids is 1. The van der Waals surface area contributed by atoms with Crippen LogP contribution in [0.15, 0.2) is 24.3 Å². The van der Waals surface area contributed by atoms with Crippen LogP contribution in [0.5, 0.6) is 5.75 Å². The summed E-state index contributed by atoms with van der Waals surface area (Å²) in [4.78, 5) is 24.7. The normalized spacial score (nSPS) is 20.5. The quantitative estimate of drug-likeness (QED) is 0.771. The van der Waals surface area contributed by atoms with E-state index < -0.39 is 5.97 Å². The molecule has 0 radical (unpaired) electrons. The van der Waals surface area contributed by atoms with Crippen molar-refractivity contribution < 1.29 is 24.2 Å². The molecular weight excluding hydrogens is 312 g/mol. The van der Waals surface area contributed by atoms with Crippen molar-refractivity contribution in [2.75, 3.05) is 32.8 Å². The Bertz CT molecular complexity index is 585. The number of ether oxygens (including phenoxy) is 2. The Morgan fingerprint density at radius 2 is 2.04 bits per heavy atom. The molecule has 1 aromatic carbocycles. The fraction of sp³-hybridized carbons (Fsp3) is 0.529. The van der Waals surface area contributed by atoms with Gasteiger partial charge in [-0.2, -0.15) is 0 Å². The lowest BCUT2D eigenvalue weighted by molar-refractivity contribution is -0.0252. The monoisotopic (exact) mass is 334 g/mol. The van der Waals surface area contributed by atoms with Gasteiger partial charge in [0.25, 0.3) is 0 Å². The zero-order chi connectivity index (χ0) is 16.9. The Morgan fingerprint density at radius 1 is 1.29 bits per heavy atom. The second-order valence-corrected chi connectivity index (χ2v) is 6.10. The van der Waals surface area contributed by atoms with Crippen LogP contribution in [-0.2, 0) is 4.74 Å². The summed E-state index contributed by atoms with van der Waals surface area (Å²) in [7, 11) is 0. The third-order valence-corrected chi connectivity index (χ3v) is 4.28. The topological polar surface area (TPSA) is 88.1 Å². The molecule has 3 rings (SSSR count). The van der Waals surface area contributed by atoms with E-state index in [1.807, 2.05) is 0 Å². The van der Waals surface area contributed by atoms with Gasteiger partial charge in [0.05, 0.1) is 24.8 Å². The van der Waals surface area contributed by atoms with Gasteiger partial charge < -0.3 is 24.8 Å². The maximum Gasteiger partial charge on any atom is 0.335 e. The number of urea groups is 1. The molecule has 0 spiro atoms. The number of carboxylic acid groups (broad SMARTS) is 1. The predicted molar refractivity (Wildman–Crippen MR) is 86.3 cm³/mol. The van der Waals surface area contributed by atoms with E-state index in [0.29, 0.717) is 44.5 Å². The molecule has 1 heterocycles. The number of benzene rings is 1. The Hall–Kier alpha value is -2.28. The van der Waals surface area contributed by atoms with Crippen LogP contribution in [0.2, 0.25) is 0 Å². The van der Waals surface area contributed by atoms with Crippen molar-refractivity contribution in [3.63, 3.8) is 0 Å². The molecular formula is C17H22N2O5. The highest BCUT2D eigenvalue weighted by atomic mass is 16.5. The van der Waals surface area contributed by atoms with Crippen molar-refractivity contribution in [3.05, 3.63) is 29.8 Å². The van der Waals surface area contributed by atoms with E-state index in [9.17, 15) is 9.59 Å². The third kappa shape index (κ3) is 4.38. The average molecular weight is 334 g/mol. The van der Waals surface area contributed by atoms with Crippen LogP contribution in [0.1, 0.15) is 23.2 Å². The van der Waals surface area contributed by atoms with Crippen molar-refractivity contribution in [2.45, 2.75) is 18.9 Å². The molecule has 130 valence electrons. The Kier molecular flexibility index (Phi) is 5.20. The Morgan fingerprint density at radius 3 is 2.71 bits per heavy atom. The molecule has 1 aliphatic heterocycles. The predicted octanol–water partition coefficient (Wildman–Crippen LogP) is 1.58. The molecule has 2 fully saturated rings. The molecule has 24 heavy (non-hydrogen) atoms. The fourth-order valence-electron chi connectivity index (χ4n) is 2.75. The van der Waals surface area contributed by atoms with E-state index in [2.05, 4.69) is 5.32 Å². The van der Waals surface area contributed by atoms with Crippen LogP contribution in [0.3, 0.4) is 0 Å². The first-order chi connectivity index (χ1) is 11.6. The van der Waals surface area contributed by atoms with E-state index >= 15 is 0 Å². The largest absolute Gasteiger partial charge is 0.492 e. The molecule has 1 saturated heterocycles. The molecule has 0 bridgehead atoms. The van der Waals surface area contributed by atoms with Crippen molar-refractivity contribution in [2.24, 2.45) is 5.92 Å². The number of carbonyl (C=O) groups is 2. The lowest BCUT2D eigenvalue weighted by atomic mass is 10.2. The molecule has 2 amide bonds. The van der Waals surface area contributed by atoms with Gasteiger partial charge >= 0.3 is 12.0 Å². The van der Waals surface area contributed by atoms with Crippen LogP contribution in [0.4, 0.5) is 4.79 Å². The lowest BCUT2D eigenvalue weighted by Gasteiger charge is -2.33. The molecule has 1 saturated carbocycles. The van der Waals surface area contributed by atoms with E-state index in [1.165, 1.54) is 25.0 Å². The standard InChI is InChI=1S/C17H22N2O5/c20-16(21)13-3-5-14(6-4-13)23-9-7-18-17(22)19-8-10-24-15(11-19)12-1-2-12/h3-6,12,15H,1-2,7-11H2,(H,18,22)(H,20,21). The van der Waals surface area contributed by atoms with E-state index in [0.717, 1.165) is 0 Å². The highest BCUT2D eigenvalue weighted by Crippen LogP contribution is 2.35. The number of nitrogens with one attached hydrogen (secondary N) is 1. The van der Waals surface area contributed by atoms with Crippen molar-refractivity contribution in [3.8, 4) is 5.75 Å². The first-order valence-corrected chi connectivity index (χ1v) is 8.24. The maximum atomic E-state index is 12.2. The van der Waals surface area contributed by atoms with Gasteiger partial charge in [0.2, 0.25) is 0 Å². The molecule has 1 aliphatic carbocycles. The minimum absolute atomic E-state index is 0.0891. The number of aromatic carboxylic acids is 1. The summed E-state index contributed by atoms with van der Waals surface area (Å²) in [5.74, 6) is 0.232. The van der Waals surface area contributed by atoms with Crippen LogP contribution in [0, 0.1) is 5.92 Å². The summed E-state index contributed by atoms with van der Waals surface area (Å²) in [6.45, 7) is 2.60. The summed E-state index contributed by atoms with van der Waals surface area (Å²) < 4.78 is 11.2. The van der Waals surface area contributed by atoms with Gasteiger partial charge in [0.1, 0.15) is 12.4 Å². The van der Waals surface area contributed by atoms with Gasteiger partial charge in [-0.15, -0.1) is 0 Å². The van der Waals surface area contributed by atoms with Gasteiger partial charge in [0.15, 0.2) is 0 Å². The molecule has 2 N–H and O–H groups in total. The van der Waals surface area contributed by atoms with Crippen LogP contribution in [-0.4, -0.2) is 61.0 Å². The summed E-state index contributed by atoms with van der Waals surface area (Å²) in [6, 6.07) is 6.10. The summed E-state index contributed by atoms with van der Waals surface area (Å²) in [6.07, 6.45) is 2.59. The summed E-state index contributed by atoms with van der Waals surface area (Å²) in [5.41, 5.74) is 0.216. The number of hydrogen-bond acceptors (Lipinski definition) is 4. The highest BCUT2D eigenvalue weighted by Gasteiger charge is 2.36. The smallest absolute Gasteiger partial charge is 0.335 e. The lowest BCUT2D eigenvalue weighted by Crippen LogP contribution is -2.50. The maximum absolute atomic E-state index is 12.2. The second kappa shape index (κ2) is 7.53. The fourth-order valence-corrected chi connectivity index (χ4v) is 2.75. The third-order valence-electron chi connectivity index (χ3n) is 4.28. The summed E-state index contributed by atoms with van der Waals surface area (Å²) >= 11 is 0. The number of morpholine rings is 1. The van der Waals surface area contributed by atoms with Gasteiger partial charge in [0, 0.05) is 13.1 Å². The van der Waals surface area contributed by atoms with E-state index in [1.54, 1.807) is 17.0 Å². The number of nitrogens with zero attached hydrogens (tertiary/aromatic N) is 1. The number of carboxylic acids is 1. The van der Waals surface area contributed by atoms with Crippen molar-refractivity contribution in [1.82, 2.24) is 10.2 Å². The van der Waals surface area contributed by atoms with Crippen molar-refractivity contribution >= 4 is 12.0 Å². The second-order valence-electron chi connectivity index (χ2n) is 6.10. The van der Waals surface area contributed by atoms with E-state index in [4.69, 9.17) is 14.6 Å². The number of hydrogen-bond donors (Lipinski definition) is 2. The summed E-state index contributed by atoms with van der Waals surface area (Å²) in [5, 5.41) is 11.7.